The molecule has 6 heteroatoms. The normalized spacial score (nSPS) is 12.0. The third-order valence-corrected chi connectivity index (χ3v) is 3.34. The van der Waals surface area contributed by atoms with Gasteiger partial charge in [-0.25, -0.2) is 9.18 Å². The van der Waals surface area contributed by atoms with Crippen molar-refractivity contribution in [2.45, 2.75) is 25.8 Å². The number of carbonyl (C=O) groups is 1. The van der Waals surface area contributed by atoms with E-state index in [4.69, 9.17) is 5.11 Å². The van der Waals surface area contributed by atoms with Crippen molar-refractivity contribution in [3.8, 4) is 0 Å². The largest absolute Gasteiger partial charge is 0.394 e. The molecule has 0 fully saturated rings. The van der Waals surface area contributed by atoms with Gasteiger partial charge in [0.1, 0.15) is 5.82 Å². The minimum Gasteiger partial charge on any atom is -0.394 e. The Morgan fingerprint density at radius 2 is 2.26 bits per heavy atom. The van der Waals surface area contributed by atoms with Gasteiger partial charge in [0.15, 0.2) is 0 Å². The van der Waals surface area contributed by atoms with E-state index in [0.717, 1.165) is 5.56 Å². The van der Waals surface area contributed by atoms with Crippen molar-refractivity contribution in [1.29, 1.82) is 0 Å². The summed E-state index contributed by atoms with van der Waals surface area (Å²) >= 11 is 3.12. The summed E-state index contributed by atoms with van der Waals surface area (Å²) in [5.41, 5.74) is 0.933. The molecule has 0 aliphatic heterocycles. The van der Waals surface area contributed by atoms with E-state index < -0.39 is 0 Å². The van der Waals surface area contributed by atoms with Gasteiger partial charge in [0.25, 0.3) is 0 Å². The Morgan fingerprint density at radius 3 is 2.84 bits per heavy atom. The number of urea groups is 1. The maximum absolute atomic E-state index is 13.0. The SMILES string of the molecule is CCC(CO)NC(=O)NCCc1ccc(F)c(Br)c1. The Morgan fingerprint density at radius 1 is 1.53 bits per heavy atom. The maximum atomic E-state index is 13.0. The van der Waals surface area contributed by atoms with Gasteiger partial charge in [0.05, 0.1) is 17.1 Å². The molecule has 106 valence electrons. The zero-order chi connectivity index (χ0) is 14.3. The molecule has 0 heterocycles. The Hall–Kier alpha value is -1.14. The summed E-state index contributed by atoms with van der Waals surface area (Å²) in [5, 5.41) is 14.3. The third-order valence-electron chi connectivity index (χ3n) is 2.73. The summed E-state index contributed by atoms with van der Waals surface area (Å²) in [6.45, 7) is 2.26. The van der Waals surface area contributed by atoms with E-state index in [1.807, 2.05) is 6.92 Å². The van der Waals surface area contributed by atoms with Gasteiger partial charge in [-0.3, -0.25) is 0 Å². The lowest BCUT2D eigenvalue weighted by molar-refractivity contribution is 0.214. The molecule has 0 saturated heterocycles. The fraction of sp³-hybridized carbons (Fsp3) is 0.462. The number of aliphatic hydroxyl groups excluding tert-OH is 1. The molecule has 1 aromatic rings. The Bertz CT molecular complexity index is 425. The van der Waals surface area contributed by atoms with Crippen LogP contribution < -0.4 is 10.6 Å². The van der Waals surface area contributed by atoms with E-state index >= 15 is 0 Å². The molecule has 1 unspecified atom stereocenters. The highest BCUT2D eigenvalue weighted by molar-refractivity contribution is 9.10. The standard InChI is InChI=1S/C13H18BrFN2O2/c1-2-10(8-18)17-13(19)16-6-5-9-3-4-12(15)11(14)7-9/h3-4,7,10,18H,2,5-6,8H2,1H3,(H2,16,17,19). The minimum atomic E-state index is -0.304. The first-order chi connectivity index (χ1) is 9.06. The smallest absolute Gasteiger partial charge is 0.315 e. The van der Waals surface area contributed by atoms with Gasteiger partial charge in [-0.15, -0.1) is 0 Å². The first-order valence-electron chi connectivity index (χ1n) is 6.16. The second kappa shape index (κ2) is 8.12. The summed E-state index contributed by atoms with van der Waals surface area (Å²) in [6, 6.07) is 4.24. The predicted octanol–water partition coefficient (Wildman–Crippen LogP) is 2.20. The maximum Gasteiger partial charge on any atom is 0.315 e. The van der Waals surface area contributed by atoms with Gasteiger partial charge in [-0.1, -0.05) is 13.0 Å². The Kier molecular flexibility index (Phi) is 6.80. The van der Waals surface area contributed by atoms with E-state index in [-0.39, 0.29) is 24.5 Å². The van der Waals surface area contributed by atoms with Gasteiger partial charge in [0, 0.05) is 6.54 Å². The number of benzene rings is 1. The zero-order valence-electron chi connectivity index (χ0n) is 10.7. The van der Waals surface area contributed by atoms with E-state index in [9.17, 15) is 9.18 Å². The number of rotatable bonds is 6. The zero-order valence-corrected chi connectivity index (χ0v) is 12.3. The quantitative estimate of drug-likeness (QED) is 0.747. The topological polar surface area (TPSA) is 61.4 Å². The van der Waals surface area contributed by atoms with Crippen molar-refractivity contribution >= 4 is 22.0 Å². The van der Waals surface area contributed by atoms with Crippen LogP contribution in [0.5, 0.6) is 0 Å². The van der Waals surface area contributed by atoms with Crippen LogP contribution in [-0.2, 0) is 6.42 Å². The van der Waals surface area contributed by atoms with Crippen molar-refractivity contribution in [3.05, 3.63) is 34.1 Å². The van der Waals surface area contributed by atoms with Crippen molar-refractivity contribution in [1.82, 2.24) is 10.6 Å². The molecule has 3 N–H and O–H groups in total. The van der Waals surface area contributed by atoms with Crippen LogP contribution in [-0.4, -0.2) is 30.3 Å². The molecule has 0 saturated carbocycles. The fourth-order valence-corrected chi connectivity index (χ4v) is 1.95. The number of aliphatic hydroxyl groups is 1. The van der Waals surface area contributed by atoms with Crippen LogP contribution in [0.15, 0.2) is 22.7 Å². The Balaban J connectivity index is 2.33. The molecule has 0 aromatic heterocycles. The molecule has 1 rings (SSSR count). The van der Waals surface area contributed by atoms with Crippen LogP contribution in [0.1, 0.15) is 18.9 Å². The van der Waals surface area contributed by atoms with Crippen LogP contribution >= 0.6 is 15.9 Å². The number of halogens is 2. The van der Waals surface area contributed by atoms with E-state index in [0.29, 0.717) is 23.9 Å². The molecule has 1 aromatic carbocycles. The van der Waals surface area contributed by atoms with Crippen LogP contribution in [0.4, 0.5) is 9.18 Å². The van der Waals surface area contributed by atoms with Gasteiger partial charge in [0.2, 0.25) is 0 Å². The molecule has 2 amide bonds. The number of nitrogens with one attached hydrogen (secondary N) is 2. The summed E-state index contributed by atoms with van der Waals surface area (Å²) in [6.07, 6.45) is 1.29. The van der Waals surface area contributed by atoms with Gasteiger partial charge in [-0.2, -0.15) is 0 Å². The average molecular weight is 333 g/mol. The van der Waals surface area contributed by atoms with Crippen LogP contribution in [0.25, 0.3) is 0 Å². The Labute approximate surface area is 120 Å². The highest BCUT2D eigenvalue weighted by atomic mass is 79.9. The monoisotopic (exact) mass is 332 g/mol. The average Bonchev–Trinajstić information content (AvgIpc) is 2.40. The lowest BCUT2D eigenvalue weighted by atomic mass is 10.1. The lowest BCUT2D eigenvalue weighted by Gasteiger charge is -2.14. The summed E-state index contributed by atoms with van der Waals surface area (Å²) < 4.78 is 13.4. The summed E-state index contributed by atoms with van der Waals surface area (Å²) in [5.74, 6) is -0.303. The van der Waals surface area contributed by atoms with Crippen molar-refractivity contribution in [2.24, 2.45) is 0 Å². The number of carbonyl (C=O) groups excluding carboxylic acids is 1. The predicted molar refractivity (Wildman–Crippen MR) is 75.5 cm³/mol. The van der Waals surface area contributed by atoms with Gasteiger partial charge >= 0.3 is 6.03 Å². The first-order valence-corrected chi connectivity index (χ1v) is 6.95. The number of amides is 2. The molecule has 0 radical (unpaired) electrons. The minimum absolute atomic E-state index is 0.0746. The van der Waals surface area contributed by atoms with Gasteiger partial charge in [-0.05, 0) is 46.5 Å². The molecular formula is C13H18BrFN2O2. The van der Waals surface area contributed by atoms with Crippen LogP contribution in [0.2, 0.25) is 0 Å². The second-order valence-corrected chi connectivity index (χ2v) is 5.04. The highest BCUT2D eigenvalue weighted by Gasteiger charge is 2.08. The molecule has 1 atom stereocenters. The number of hydrogen-bond acceptors (Lipinski definition) is 2. The van der Waals surface area contributed by atoms with Gasteiger partial charge < -0.3 is 15.7 Å². The summed E-state index contributed by atoms with van der Waals surface area (Å²) in [7, 11) is 0. The van der Waals surface area contributed by atoms with Crippen molar-refractivity contribution < 1.29 is 14.3 Å². The lowest BCUT2D eigenvalue weighted by Crippen LogP contribution is -2.44. The van der Waals surface area contributed by atoms with E-state index in [1.54, 1.807) is 12.1 Å². The molecule has 0 aliphatic carbocycles. The van der Waals surface area contributed by atoms with Crippen LogP contribution in [0, 0.1) is 5.82 Å². The van der Waals surface area contributed by atoms with Crippen molar-refractivity contribution in [2.75, 3.05) is 13.2 Å². The molecule has 0 bridgehead atoms. The highest BCUT2D eigenvalue weighted by Crippen LogP contribution is 2.16. The molecule has 0 spiro atoms. The second-order valence-electron chi connectivity index (χ2n) is 4.19. The first kappa shape index (κ1) is 15.9. The van der Waals surface area contributed by atoms with Crippen molar-refractivity contribution in [3.63, 3.8) is 0 Å². The molecule has 19 heavy (non-hydrogen) atoms. The van der Waals surface area contributed by atoms with E-state index in [2.05, 4.69) is 26.6 Å². The van der Waals surface area contributed by atoms with E-state index in [1.165, 1.54) is 6.07 Å². The number of hydrogen-bond donors (Lipinski definition) is 3. The van der Waals surface area contributed by atoms with Crippen LogP contribution in [0.3, 0.4) is 0 Å². The summed E-state index contributed by atoms with van der Waals surface area (Å²) in [4.78, 5) is 11.5. The third kappa shape index (κ3) is 5.57. The molecule has 4 nitrogen and oxygen atoms in total. The molecule has 0 aliphatic rings. The fourth-order valence-electron chi connectivity index (χ4n) is 1.53. The molecular weight excluding hydrogens is 315 g/mol.